The van der Waals surface area contributed by atoms with Gasteiger partial charge < -0.3 is 0 Å². The second-order valence-electron chi connectivity index (χ2n) is 3.07. The molecule has 0 saturated heterocycles. The van der Waals surface area contributed by atoms with Crippen molar-refractivity contribution in [2.75, 3.05) is 6.54 Å². The van der Waals surface area contributed by atoms with Crippen molar-refractivity contribution in [1.82, 2.24) is 0 Å². The summed E-state index contributed by atoms with van der Waals surface area (Å²) >= 11 is 0. The van der Waals surface area contributed by atoms with E-state index >= 15 is 0 Å². The van der Waals surface area contributed by atoms with Gasteiger partial charge in [0.2, 0.25) is 0 Å². The fraction of sp³-hybridized carbons (Fsp3) is 0.750. The number of rotatable bonds is 1. The second-order valence-corrected chi connectivity index (χ2v) is 3.07. The Morgan fingerprint density at radius 2 is 2.40 bits per heavy atom. The Bertz CT molecular complexity index is 182. The average Bonchev–Trinajstić information content (AvgIpc) is 1.88. The van der Waals surface area contributed by atoms with Gasteiger partial charge in [-0.3, -0.25) is 9.98 Å². The van der Waals surface area contributed by atoms with Crippen molar-refractivity contribution >= 4 is 11.9 Å². The molecule has 0 radical (unpaired) electrons. The molecule has 1 rings (SSSR count). The Balaban J connectivity index is 2.76. The van der Waals surface area contributed by atoms with Crippen LogP contribution in [0.25, 0.3) is 0 Å². The summed E-state index contributed by atoms with van der Waals surface area (Å²) in [6, 6.07) is 0. The van der Waals surface area contributed by atoms with Crippen LogP contribution in [0.2, 0.25) is 0 Å². The van der Waals surface area contributed by atoms with Crippen LogP contribution in [0.4, 0.5) is 0 Å². The average molecular weight is 138 g/mol. The molecule has 10 heavy (non-hydrogen) atoms. The van der Waals surface area contributed by atoms with Crippen molar-refractivity contribution < 1.29 is 0 Å². The molecule has 0 spiro atoms. The van der Waals surface area contributed by atoms with E-state index in [9.17, 15) is 0 Å². The first-order valence-electron chi connectivity index (χ1n) is 3.72. The highest BCUT2D eigenvalue weighted by molar-refractivity contribution is 6.30. The third kappa shape index (κ3) is 1.43. The molecule has 1 aliphatic rings. The van der Waals surface area contributed by atoms with Crippen molar-refractivity contribution in [3.8, 4) is 0 Å². The molecular formula is C8H14N2. The van der Waals surface area contributed by atoms with Crippen LogP contribution >= 0.6 is 0 Å². The van der Waals surface area contributed by atoms with Gasteiger partial charge in [-0.15, -0.1) is 0 Å². The zero-order valence-corrected chi connectivity index (χ0v) is 6.89. The minimum absolute atomic E-state index is 0.0822. The summed E-state index contributed by atoms with van der Waals surface area (Å²) < 4.78 is 0. The predicted molar refractivity (Wildman–Crippen MR) is 45.2 cm³/mol. The molecule has 0 N–H and O–H groups in total. The molecule has 0 bridgehead atoms. The SMILES string of the molecule is CCC1(C)CN=CC(C)=N1. The zero-order chi connectivity index (χ0) is 7.61. The van der Waals surface area contributed by atoms with Crippen molar-refractivity contribution in [3.63, 3.8) is 0 Å². The molecule has 0 aromatic rings. The second kappa shape index (κ2) is 2.52. The molecule has 2 nitrogen and oxygen atoms in total. The first-order chi connectivity index (χ1) is 4.66. The van der Waals surface area contributed by atoms with Gasteiger partial charge in [-0.1, -0.05) is 6.92 Å². The summed E-state index contributed by atoms with van der Waals surface area (Å²) in [6.45, 7) is 7.14. The smallest absolute Gasteiger partial charge is 0.0775 e. The molecule has 1 atom stereocenters. The number of nitrogens with zero attached hydrogens (tertiary/aromatic N) is 2. The van der Waals surface area contributed by atoms with E-state index in [1.54, 1.807) is 0 Å². The molecule has 0 saturated carbocycles. The van der Waals surface area contributed by atoms with Crippen LogP contribution in [0, 0.1) is 0 Å². The minimum atomic E-state index is 0.0822. The Labute approximate surface area is 62.1 Å². The van der Waals surface area contributed by atoms with Crippen molar-refractivity contribution in [1.29, 1.82) is 0 Å². The number of hydrogen-bond donors (Lipinski definition) is 0. The van der Waals surface area contributed by atoms with Crippen LogP contribution < -0.4 is 0 Å². The van der Waals surface area contributed by atoms with Crippen molar-refractivity contribution in [3.05, 3.63) is 0 Å². The summed E-state index contributed by atoms with van der Waals surface area (Å²) in [5.41, 5.74) is 1.13. The zero-order valence-electron chi connectivity index (χ0n) is 6.89. The molecule has 1 aliphatic heterocycles. The van der Waals surface area contributed by atoms with E-state index in [2.05, 4.69) is 23.8 Å². The Morgan fingerprint density at radius 3 is 2.80 bits per heavy atom. The largest absolute Gasteiger partial charge is 0.289 e. The maximum absolute atomic E-state index is 4.50. The summed E-state index contributed by atoms with van der Waals surface area (Å²) in [4.78, 5) is 8.73. The molecule has 0 aliphatic carbocycles. The maximum Gasteiger partial charge on any atom is 0.0775 e. The lowest BCUT2D eigenvalue weighted by Gasteiger charge is -2.24. The molecule has 0 aromatic heterocycles. The van der Waals surface area contributed by atoms with Gasteiger partial charge in [0.1, 0.15) is 0 Å². The monoisotopic (exact) mass is 138 g/mol. The van der Waals surface area contributed by atoms with Gasteiger partial charge in [-0.05, 0) is 20.3 Å². The van der Waals surface area contributed by atoms with E-state index in [1.165, 1.54) is 0 Å². The van der Waals surface area contributed by atoms with Crippen LogP contribution in [0.1, 0.15) is 27.2 Å². The summed E-state index contributed by atoms with van der Waals surface area (Å²) in [5, 5.41) is 0. The normalized spacial score (nSPS) is 32.1. The molecule has 0 fully saturated rings. The van der Waals surface area contributed by atoms with Gasteiger partial charge in [-0.25, -0.2) is 0 Å². The van der Waals surface area contributed by atoms with Crippen LogP contribution in [0.5, 0.6) is 0 Å². The lowest BCUT2D eigenvalue weighted by Crippen LogP contribution is -2.29. The van der Waals surface area contributed by atoms with Gasteiger partial charge in [0, 0.05) is 6.21 Å². The minimum Gasteiger partial charge on any atom is -0.289 e. The lowest BCUT2D eigenvalue weighted by atomic mass is 9.99. The molecule has 1 unspecified atom stereocenters. The van der Waals surface area contributed by atoms with E-state index in [1.807, 2.05) is 13.1 Å². The van der Waals surface area contributed by atoms with E-state index in [4.69, 9.17) is 0 Å². The van der Waals surface area contributed by atoms with E-state index < -0.39 is 0 Å². The fourth-order valence-electron chi connectivity index (χ4n) is 1.06. The summed E-state index contributed by atoms with van der Waals surface area (Å²) in [5.74, 6) is 0. The molecule has 0 aromatic carbocycles. The Morgan fingerprint density at radius 1 is 1.70 bits per heavy atom. The van der Waals surface area contributed by atoms with Crippen LogP contribution in [0.3, 0.4) is 0 Å². The molecule has 1 heterocycles. The van der Waals surface area contributed by atoms with Gasteiger partial charge in [-0.2, -0.15) is 0 Å². The van der Waals surface area contributed by atoms with Crippen molar-refractivity contribution in [2.45, 2.75) is 32.7 Å². The van der Waals surface area contributed by atoms with Crippen LogP contribution in [-0.4, -0.2) is 24.0 Å². The molecule has 0 amide bonds. The molecule has 56 valence electrons. The first-order valence-corrected chi connectivity index (χ1v) is 3.72. The number of aliphatic imine (C=N–C) groups is 2. The van der Waals surface area contributed by atoms with Gasteiger partial charge in [0.05, 0.1) is 17.8 Å². The van der Waals surface area contributed by atoms with Gasteiger partial charge in [0.25, 0.3) is 0 Å². The van der Waals surface area contributed by atoms with E-state index in [0.717, 1.165) is 18.7 Å². The highest BCUT2D eigenvalue weighted by Crippen LogP contribution is 2.17. The predicted octanol–water partition coefficient (Wildman–Crippen LogP) is 1.70. The maximum atomic E-state index is 4.50. The fourth-order valence-corrected chi connectivity index (χ4v) is 1.06. The molecular weight excluding hydrogens is 124 g/mol. The van der Waals surface area contributed by atoms with Gasteiger partial charge >= 0.3 is 0 Å². The Kier molecular flexibility index (Phi) is 1.88. The Hall–Kier alpha value is -0.660. The molecule has 2 heteroatoms. The van der Waals surface area contributed by atoms with Crippen LogP contribution in [0.15, 0.2) is 9.98 Å². The third-order valence-corrected chi connectivity index (χ3v) is 1.92. The third-order valence-electron chi connectivity index (χ3n) is 1.92. The first kappa shape index (κ1) is 7.45. The topological polar surface area (TPSA) is 24.7 Å². The summed E-state index contributed by atoms with van der Waals surface area (Å²) in [6.07, 6.45) is 2.92. The van der Waals surface area contributed by atoms with Gasteiger partial charge in [0.15, 0.2) is 0 Å². The quantitative estimate of drug-likeness (QED) is 0.527. The summed E-state index contributed by atoms with van der Waals surface area (Å²) in [7, 11) is 0. The van der Waals surface area contributed by atoms with E-state index in [-0.39, 0.29) is 5.54 Å². The highest BCUT2D eigenvalue weighted by atomic mass is 15.0. The number of hydrogen-bond acceptors (Lipinski definition) is 2. The van der Waals surface area contributed by atoms with Crippen LogP contribution in [-0.2, 0) is 0 Å². The lowest BCUT2D eigenvalue weighted by molar-refractivity contribution is 0.467. The standard InChI is InChI=1S/C8H14N2/c1-4-8(3)6-9-5-7(2)10-8/h5H,4,6H2,1-3H3. The van der Waals surface area contributed by atoms with Crippen molar-refractivity contribution in [2.24, 2.45) is 9.98 Å². The van der Waals surface area contributed by atoms with E-state index in [0.29, 0.717) is 0 Å². The highest BCUT2D eigenvalue weighted by Gasteiger charge is 2.21.